The van der Waals surface area contributed by atoms with Gasteiger partial charge in [-0.1, -0.05) is 127 Å². The lowest BCUT2D eigenvalue weighted by Crippen LogP contribution is -2.62. The highest BCUT2D eigenvalue weighted by Crippen LogP contribution is 2.21. The molecule has 640 valence electrons. The Morgan fingerprint density at radius 2 is 0.803 bits per heavy atom. The Morgan fingerprint density at radius 3 is 1.27 bits per heavy atom. The molecule has 40 heteroatoms. The summed E-state index contributed by atoms with van der Waals surface area (Å²) in [5.74, 6) is -21.3. The summed E-state index contributed by atoms with van der Waals surface area (Å²) in [4.78, 5) is 248. The van der Waals surface area contributed by atoms with E-state index in [4.69, 9.17) is 34.4 Å². The Balaban J connectivity index is 1.66. The molecule has 17 amide bonds. The number of unbranched alkanes of at least 4 members (excludes halogenated alkanes) is 1. The summed E-state index contributed by atoms with van der Waals surface area (Å²) in [5, 5.41) is 53.3. The number of hydrogen-bond acceptors (Lipinski definition) is 21. The second-order valence-corrected chi connectivity index (χ2v) is 29.3. The van der Waals surface area contributed by atoms with Crippen molar-refractivity contribution in [3.05, 3.63) is 108 Å². The van der Waals surface area contributed by atoms with E-state index in [1.165, 1.54) is 6.92 Å². The molecule has 0 saturated carbocycles. The number of nitrogens with two attached hydrogens (primary N) is 6. The third-order valence-electron chi connectivity index (χ3n) is 18.7. The Labute approximate surface area is 675 Å². The van der Waals surface area contributed by atoms with Crippen LogP contribution in [0.3, 0.4) is 0 Å². The quantitative estimate of drug-likeness (QED) is 0.0183. The SMILES string of the molecule is CC[C@H](C)[C@H](NC(=O)[C@H](C)NC(=O)[C@H](Cc1c[nH]c2ccccc12)NC(=O)[C@H](CCCCN)NC(=O)[C@H](Cc1ccccc1)NC(=O)[C@H](CC(C)C)NC(=O)[C@@H](NC(=O)[C@H](CC(N)=O)NC(=O)[C@H](CC(=O)O)NC(=O)[C@H](CC(N)=O)NC(=O)[C@@H](N)C(C)C)[C@@H](C)O)C(=O)N[C@@H](Cc1ccccc1)C(=O)N[C@@H](CC(N)=O)C(=O)NCC(N)=O. The van der Waals surface area contributed by atoms with Crippen molar-refractivity contribution in [2.75, 3.05) is 13.1 Å². The minimum atomic E-state index is -2.10. The van der Waals surface area contributed by atoms with Crippen LogP contribution in [-0.2, 0) is 106 Å². The van der Waals surface area contributed by atoms with Gasteiger partial charge in [0.1, 0.15) is 72.5 Å². The van der Waals surface area contributed by atoms with Crippen LogP contribution >= 0.6 is 0 Å². The lowest BCUT2D eigenvalue weighted by Gasteiger charge is -2.29. The van der Waals surface area contributed by atoms with Gasteiger partial charge in [0, 0.05) is 36.4 Å². The number of primary amides is 4. The van der Waals surface area contributed by atoms with Gasteiger partial charge in [-0.3, -0.25) is 86.3 Å². The van der Waals surface area contributed by atoms with Gasteiger partial charge < -0.3 is 119 Å². The molecule has 28 N–H and O–H groups in total. The van der Waals surface area contributed by atoms with E-state index in [0.29, 0.717) is 34.0 Å². The molecule has 0 radical (unpaired) electrons. The number of H-pyrrole nitrogens is 1. The number of aromatic amines is 1. The lowest BCUT2D eigenvalue weighted by molar-refractivity contribution is -0.142. The molecule has 0 unspecified atom stereocenters. The Bertz CT molecular complexity index is 4140. The van der Waals surface area contributed by atoms with Gasteiger partial charge in [0.25, 0.3) is 0 Å². The van der Waals surface area contributed by atoms with Crippen LogP contribution in [0.1, 0.15) is 130 Å². The topological polar surface area (TPSA) is 676 Å². The van der Waals surface area contributed by atoms with E-state index in [1.54, 1.807) is 133 Å². The number of aliphatic hydroxyl groups is 1. The fourth-order valence-electron chi connectivity index (χ4n) is 12.0. The summed E-state index contributed by atoms with van der Waals surface area (Å²) in [6, 6.07) is 2.36. The van der Waals surface area contributed by atoms with Crippen molar-refractivity contribution in [3.8, 4) is 0 Å². The molecule has 3 aromatic carbocycles. The number of carbonyl (C=O) groups excluding carboxylic acids is 17. The average Bonchev–Trinajstić information content (AvgIpc) is 1.71. The van der Waals surface area contributed by atoms with Gasteiger partial charge in [-0.05, 0) is 86.6 Å². The smallest absolute Gasteiger partial charge is 0.305 e. The zero-order chi connectivity index (χ0) is 87.5. The van der Waals surface area contributed by atoms with Crippen molar-refractivity contribution < 1.29 is 96.5 Å². The van der Waals surface area contributed by atoms with Crippen LogP contribution in [0.2, 0.25) is 0 Å². The summed E-state index contributed by atoms with van der Waals surface area (Å²) in [6.07, 6.45) is -4.12. The zero-order valence-corrected chi connectivity index (χ0v) is 66.6. The maximum Gasteiger partial charge on any atom is 0.305 e. The number of amides is 17. The van der Waals surface area contributed by atoms with Crippen molar-refractivity contribution in [2.45, 2.75) is 217 Å². The molecule has 4 aromatic rings. The van der Waals surface area contributed by atoms with Crippen molar-refractivity contribution in [1.82, 2.24) is 74.1 Å². The number of para-hydroxylation sites is 1. The summed E-state index contributed by atoms with van der Waals surface area (Å²) in [6.45, 7) is 11.7. The largest absolute Gasteiger partial charge is 0.481 e. The number of nitrogens with one attached hydrogen (secondary N) is 14. The Morgan fingerprint density at radius 1 is 0.410 bits per heavy atom. The summed E-state index contributed by atoms with van der Waals surface area (Å²) in [5.41, 5.74) is 35.4. The van der Waals surface area contributed by atoms with E-state index in [1.807, 2.05) is 0 Å². The second-order valence-electron chi connectivity index (χ2n) is 29.3. The maximum atomic E-state index is 15.0. The third-order valence-corrected chi connectivity index (χ3v) is 18.7. The number of carboxylic acids is 1. The molecule has 0 saturated heterocycles. The molecule has 4 rings (SSSR count). The van der Waals surface area contributed by atoms with E-state index < -0.39 is 241 Å². The molecule has 0 aliphatic heterocycles. The normalized spacial score (nSPS) is 15.0. The first-order valence-electron chi connectivity index (χ1n) is 38.2. The fraction of sp³-hybridized carbons (Fsp3) is 0.506. The number of aromatic nitrogens is 1. The molecular formula is C77H112N20O20. The molecule has 0 spiro atoms. The predicted octanol–water partition coefficient (Wildman–Crippen LogP) is -5.68. The van der Waals surface area contributed by atoms with Crippen molar-refractivity contribution >= 4 is 117 Å². The highest BCUT2D eigenvalue weighted by Gasteiger charge is 2.40. The maximum absolute atomic E-state index is 15.0. The molecule has 1 heterocycles. The molecule has 15 atom stereocenters. The molecule has 40 nitrogen and oxygen atoms in total. The number of carboxylic acid groups (broad SMARTS) is 1. The second kappa shape index (κ2) is 48.0. The predicted molar refractivity (Wildman–Crippen MR) is 423 cm³/mol. The number of fused-ring (bicyclic) bond motifs is 1. The van der Waals surface area contributed by atoms with Gasteiger partial charge in [-0.2, -0.15) is 0 Å². The standard InChI is InChI=1S/C77H112N20O20/c1-9-40(6)63(76(116)95-51(30-44-22-14-11-15-23-44)71(111)90-53(32-57(79)99)66(106)85-37-60(82)102)96-65(105)41(7)86-68(108)52(31-45-36-84-47-25-17-16-24-46(45)47)89-67(107)48(26-18-19-27-78)87-70(110)50(29-43-20-12-10-13-21-43)88-69(109)49(28-38(2)3)94-77(117)64(42(8)98)97-74(114)55(34-59(81)101)91-73(113)56(35-61(103)104)92-72(112)54(33-58(80)100)93-75(115)62(83)39(4)5/h10-17,20-25,36,38-42,48-56,62-64,84,98H,9,18-19,26-35,37,78,83H2,1-8H3,(H2,79,99)(H2,80,100)(H2,81,101)(H2,82,102)(H,85,106)(H,86,108)(H,87,110)(H,88,109)(H,89,107)(H,90,111)(H,91,113)(H,92,112)(H,93,115)(H,94,117)(H,95,116)(H,96,105)(H,97,114)(H,103,104)/t40-,41-,42+,48-,49-,50-,51-,52-,53-,54-,55-,56-,62-,63-,64-/m0/s1. The highest BCUT2D eigenvalue weighted by molar-refractivity contribution is 6.02. The van der Waals surface area contributed by atoms with Gasteiger partial charge in [0.05, 0.1) is 44.4 Å². The Hall–Kier alpha value is -12.5. The monoisotopic (exact) mass is 1640 g/mol. The molecule has 117 heavy (non-hydrogen) atoms. The van der Waals surface area contributed by atoms with Crippen LogP contribution in [0.25, 0.3) is 10.9 Å². The molecule has 0 aliphatic carbocycles. The van der Waals surface area contributed by atoms with Crippen LogP contribution in [0.15, 0.2) is 91.1 Å². The lowest BCUT2D eigenvalue weighted by atomic mass is 9.96. The van der Waals surface area contributed by atoms with Crippen LogP contribution in [0.5, 0.6) is 0 Å². The van der Waals surface area contributed by atoms with Gasteiger partial charge >= 0.3 is 5.97 Å². The van der Waals surface area contributed by atoms with Crippen LogP contribution in [0, 0.1) is 17.8 Å². The van der Waals surface area contributed by atoms with Gasteiger partial charge in [-0.15, -0.1) is 0 Å². The van der Waals surface area contributed by atoms with E-state index in [-0.39, 0.29) is 51.5 Å². The van der Waals surface area contributed by atoms with Crippen LogP contribution < -0.4 is 104 Å². The van der Waals surface area contributed by atoms with Crippen molar-refractivity contribution in [2.24, 2.45) is 52.2 Å². The number of benzene rings is 3. The molecular weight excluding hydrogens is 1520 g/mol. The number of rotatable bonds is 51. The first-order valence-corrected chi connectivity index (χ1v) is 38.2. The summed E-state index contributed by atoms with van der Waals surface area (Å²) >= 11 is 0. The number of aliphatic hydroxyl groups excluding tert-OH is 1. The van der Waals surface area contributed by atoms with Crippen molar-refractivity contribution in [3.63, 3.8) is 0 Å². The molecule has 0 aliphatic rings. The summed E-state index contributed by atoms with van der Waals surface area (Å²) < 4.78 is 0. The minimum absolute atomic E-state index is 0.107. The number of hydrogen-bond donors (Lipinski definition) is 22. The molecule has 1 aromatic heterocycles. The van der Waals surface area contributed by atoms with Crippen molar-refractivity contribution in [1.29, 1.82) is 0 Å². The Kier molecular flexibility index (Phi) is 39.8. The van der Waals surface area contributed by atoms with Crippen LogP contribution in [0.4, 0.5) is 0 Å². The zero-order valence-electron chi connectivity index (χ0n) is 66.6. The fourth-order valence-corrected chi connectivity index (χ4v) is 12.0. The number of carbonyl (C=O) groups is 18. The first kappa shape index (κ1) is 96.9. The third kappa shape index (κ3) is 33.1. The van der Waals surface area contributed by atoms with E-state index >= 15 is 9.59 Å². The highest BCUT2D eigenvalue weighted by atomic mass is 16.4. The molecule has 0 fully saturated rings. The molecule has 0 bridgehead atoms. The van der Waals surface area contributed by atoms with E-state index in [9.17, 15) is 86.9 Å². The summed E-state index contributed by atoms with van der Waals surface area (Å²) in [7, 11) is 0. The van der Waals surface area contributed by atoms with Gasteiger partial charge in [0.15, 0.2) is 0 Å². The van der Waals surface area contributed by atoms with Gasteiger partial charge in [-0.25, -0.2) is 0 Å². The van der Waals surface area contributed by atoms with Crippen LogP contribution in [-0.4, -0.2) is 219 Å². The van der Waals surface area contributed by atoms with E-state index in [0.717, 1.165) is 6.92 Å². The number of aliphatic carboxylic acids is 1. The van der Waals surface area contributed by atoms with Gasteiger partial charge in [0.2, 0.25) is 100 Å². The van der Waals surface area contributed by atoms with E-state index in [2.05, 4.69) is 74.1 Å². The first-order chi connectivity index (χ1) is 55.1. The average molecular weight is 1640 g/mol. The minimum Gasteiger partial charge on any atom is -0.481 e.